The van der Waals surface area contributed by atoms with Crippen molar-refractivity contribution in [1.82, 2.24) is 19.6 Å². The Bertz CT molecular complexity index is 1490. The quantitative estimate of drug-likeness (QED) is 0.326. The Morgan fingerprint density at radius 3 is 2.50 bits per heavy atom. The Morgan fingerprint density at radius 1 is 1.03 bits per heavy atom. The van der Waals surface area contributed by atoms with Crippen molar-refractivity contribution in [1.29, 1.82) is 0 Å². The van der Waals surface area contributed by atoms with Crippen LogP contribution in [-0.2, 0) is 0 Å². The zero-order valence-corrected chi connectivity index (χ0v) is 15.9. The van der Waals surface area contributed by atoms with E-state index in [1.54, 1.807) is 54.9 Å². The summed E-state index contributed by atoms with van der Waals surface area (Å²) in [6, 6.07) is 13.1. The maximum Gasteiger partial charge on any atom is 0.291 e. The lowest BCUT2D eigenvalue weighted by molar-refractivity contribution is -0.384. The lowest BCUT2D eigenvalue weighted by Gasteiger charge is -1.96. The highest BCUT2D eigenvalue weighted by atomic mass is 32.1. The summed E-state index contributed by atoms with van der Waals surface area (Å²) in [5, 5.41) is 15.1. The molecule has 10 heteroatoms. The van der Waals surface area contributed by atoms with Crippen LogP contribution < -0.4 is 10.1 Å². The fourth-order valence-corrected chi connectivity index (χ4v) is 3.81. The van der Waals surface area contributed by atoms with Gasteiger partial charge >= 0.3 is 0 Å². The van der Waals surface area contributed by atoms with Gasteiger partial charge in [0.15, 0.2) is 5.82 Å². The molecule has 146 valence electrons. The van der Waals surface area contributed by atoms with Crippen molar-refractivity contribution in [2.45, 2.75) is 0 Å². The third-order valence-corrected chi connectivity index (χ3v) is 5.34. The number of nitro benzene ring substituents is 1. The van der Waals surface area contributed by atoms with Gasteiger partial charge in [0.2, 0.25) is 4.96 Å². The standard InChI is InChI=1S/C20H11N5O4S/c26-19-17(30-20-22-18(23-24(19)20)13-7-9-21-10-8-13)11-15-5-6-16(29-15)12-1-3-14(4-2-12)25(27)28/h1-11H/b17-11-. The van der Waals surface area contributed by atoms with Crippen LogP contribution >= 0.6 is 11.3 Å². The summed E-state index contributed by atoms with van der Waals surface area (Å²) in [6.07, 6.45) is 4.91. The molecule has 0 aliphatic rings. The second kappa shape index (κ2) is 7.01. The molecule has 0 amide bonds. The minimum atomic E-state index is -0.456. The lowest BCUT2D eigenvalue weighted by atomic mass is 10.1. The van der Waals surface area contributed by atoms with E-state index in [0.717, 1.165) is 5.56 Å². The summed E-state index contributed by atoms with van der Waals surface area (Å²) in [4.78, 5) is 31.9. The van der Waals surface area contributed by atoms with E-state index in [9.17, 15) is 14.9 Å². The molecule has 4 heterocycles. The van der Waals surface area contributed by atoms with Crippen LogP contribution in [0.2, 0.25) is 0 Å². The average molecular weight is 417 g/mol. The SMILES string of the molecule is O=c1/c(=C/c2ccc(-c3ccc([N+](=O)[O-])cc3)o2)sc2nc(-c3ccncc3)nn12. The molecule has 0 spiro atoms. The van der Waals surface area contributed by atoms with Gasteiger partial charge in [0.25, 0.3) is 11.2 Å². The molecule has 0 aliphatic carbocycles. The number of nitrogens with zero attached hydrogens (tertiary/aromatic N) is 5. The molecule has 0 aliphatic heterocycles. The zero-order valence-electron chi connectivity index (χ0n) is 15.1. The molecule has 5 rings (SSSR count). The normalized spacial score (nSPS) is 11.9. The van der Waals surface area contributed by atoms with E-state index in [1.807, 2.05) is 0 Å². The molecule has 0 atom stereocenters. The first-order valence-electron chi connectivity index (χ1n) is 8.75. The van der Waals surface area contributed by atoms with E-state index in [4.69, 9.17) is 4.42 Å². The lowest BCUT2D eigenvalue weighted by Crippen LogP contribution is -2.23. The first-order chi connectivity index (χ1) is 14.6. The number of nitro groups is 1. The summed E-state index contributed by atoms with van der Waals surface area (Å²) in [7, 11) is 0. The molecular formula is C20H11N5O4S. The maximum atomic E-state index is 12.7. The van der Waals surface area contributed by atoms with Gasteiger partial charge in [-0.25, -0.2) is 0 Å². The summed E-state index contributed by atoms with van der Waals surface area (Å²) in [5.41, 5.74) is 1.21. The summed E-state index contributed by atoms with van der Waals surface area (Å²) in [5.74, 6) is 1.49. The number of thiazole rings is 1. The molecule has 0 radical (unpaired) electrons. The second-order valence-corrected chi connectivity index (χ2v) is 7.30. The summed E-state index contributed by atoms with van der Waals surface area (Å²) < 4.78 is 7.49. The van der Waals surface area contributed by atoms with Crippen LogP contribution in [0.4, 0.5) is 5.69 Å². The van der Waals surface area contributed by atoms with E-state index < -0.39 is 4.92 Å². The minimum Gasteiger partial charge on any atom is -0.457 e. The largest absolute Gasteiger partial charge is 0.457 e. The predicted octanol–water partition coefficient (Wildman–Crippen LogP) is 2.93. The van der Waals surface area contributed by atoms with Crippen molar-refractivity contribution in [2.75, 3.05) is 0 Å². The number of hydrogen-bond acceptors (Lipinski definition) is 8. The van der Waals surface area contributed by atoms with Crippen LogP contribution in [0.5, 0.6) is 0 Å². The minimum absolute atomic E-state index is 0.00801. The molecule has 0 fully saturated rings. The van der Waals surface area contributed by atoms with Gasteiger partial charge in [-0.15, -0.1) is 5.10 Å². The van der Waals surface area contributed by atoms with Crippen molar-refractivity contribution >= 4 is 28.1 Å². The first-order valence-corrected chi connectivity index (χ1v) is 9.56. The number of pyridine rings is 1. The number of benzene rings is 1. The Kier molecular flexibility index (Phi) is 4.18. The molecule has 0 N–H and O–H groups in total. The second-order valence-electron chi connectivity index (χ2n) is 6.29. The Balaban J connectivity index is 1.48. The molecule has 30 heavy (non-hydrogen) atoms. The molecule has 5 aromatic rings. The molecule has 0 saturated carbocycles. The topological polar surface area (TPSA) is 116 Å². The van der Waals surface area contributed by atoms with E-state index in [2.05, 4.69) is 15.1 Å². The van der Waals surface area contributed by atoms with Gasteiger partial charge in [0, 0.05) is 41.7 Å². The molecule has 0 unspecified atom stereocenters. The van der Waals surface area contributed by atoms with E-state index in [0.29, 0.717) is 32.4 Å². The van der Waals surface area contributed by atoms with Crippen LogP contribution in [0.25, 0.3) is 33.7 Å². The number of hydrogen-bond donors (Lipinski definition) is 0. The molecule has 0 bridgehead atoms. The Morgan fingerprint density at radius 2 is 1.80 bits per heavy atom. The fraction of sp³-hybridized carbons (Fsp3) is 0. The molecule has 1 aromatic carbocycles. The van der Waals surface area contributed by atoms with Gasteiger partial charge in [0.1, 0.15) is 16.1 Å². The monoisotopic (exact) mass is 417 g/mol. The third-order valence-electron chi connectivity index (χ3n) is 4.38. The highest BCUT2D eigenvalue weighted by Crippen LogP contribution is 2.25. The van der Waals surface area contributed by atoms with Crippen molar-refractivity contribution < 1.29 is 9.34 Å². The van der Waals surface area contributed by atoms with Gasteiger partial charge in [-0.3, -0.25) is 19.9 Å². The summed E-state index contributed by atoms with van der Waals surface area (Å²) >= 11 is 1.22. The highest BCUT2D eigenvalue weighted by molar-refractivity contribution is 7.15. The van der Waals surface area contributed by atoms with Crippen LogP contribution in [0.3, 0.4) is 0 Å². The van der Waals surface area contributed by atoms with Crippen molar-refractivity contribution in [3.63, 3.8) is 0 Å². The first kappa shape index (κ1) is 17.9. The Hall–Kier alpha value is -4.18. The highest BCUT2D eigenvalue weighted by Gasteiger charge is 2.13. The van der Waals surface area contributed by atoms with Crippen LogP contribution in [0.1, 0.15) is 5.76 Å². The van der Waals surface area contributed by atoms with Crippen molar-refractivity contribution in [3.8, 4) is 22.7 Å². The van der Waals surface area contributed by atoms with Gasteiger partial charge in [0.05, 0.1) is 4.92 Å². The summed E-state index contributed by atoms with van der Waals surface area (Å²) in [6.45, 7) is 0. The van der Waals surface area contributed by atoms with Crippen LogP contribution in [0, 0.1) is 10.1 Å². The maximum absolute atomic E-state index is 12.7. The fourth-order valence-electron chi connectivity index (χ4n) is 2.92. The smallest absolute Gasteiger partial charge is 0.291 e. The van der Waals surface area contributed by atoms with Crippen LogP contribution in [0.15, 0.2) is 70.1 Å². The third kappa shape index (κ3) is 3.14. The van der Waals surface area contributed by atoms with Gasteiger partial charge in [-0.1, -0.05) is 11.3 Å². The van der Waals surface area contributed by atoms with Crippen molar-refractivity contribution in [3.05, 3.63) is 91.7 Å². The van der Waals surface area contributed by atoms with E-state index >= 15 is 0 Å². The number of fused-ring (bicyclic) bond motifs is 1. The van der Waals surface area contributed by atoms with Gasteiger partial charge in [-0.2, -0.15) is 9.50 Å². The van der Waals surface area contributed by atoms with E-state index in [-0.39, 0.29) is 11.2 Å². The zero-order chi connectivity index (χ0) is 20.7. The molecule has 9 nitrogen and oxygen atoms in total. The number of non-ortho nitro benzene ring substituents is 1. The average Bonchev–Trinajstić information content (AvgIpc) is 3.47. The molecular weight excluding hydrogens is 406 g/mol. The van der Waals surface area contributed by atoms with Gasteiger partial charge in [-0.05, 0) is 36.4 Å². The number of furan rings is 1. The molecule has 0 saturated heterocycles. The number of aromatic nitrogens is 4. The van der Waals surface area contributed by atoms with Crippen LogP contribution in [-0.4, -0.2) is 24.5 Å². The van der Waals surface area contributed by atoms with Gasteiger partial charge < -0.3 is 4.42 Å². The number of rotatable bonds is 4. The predicted molar refractivity (Wildman–Crippen MR) is 110 cm³/mol. The van der Waals surface area contributed by atoms with E-state index in [1.165, 1.54) is 28.0 Å². The molecule has 4 aromatic heterocycles. The Labute approximate surface area is 171 Å². The van der Waals surface area contributed by atoms with Crippen molar-refractivity contribution in [2.24, 2.45) is 0 Å².